The second-order valence-corrected chi connectivity index (χ2v) is 3.61. The smallest absolute Gasteiger partial charge is 0.246 e. The molecule has 0 aromatic heterocycles. The van der Waals surface area contributed by atoms with E-state index in [0.717, 1.165) is 20.0 Å². The Hall–Kier alpha value is -0.220. The zero-order valence-electron chi connectivity index (χ0n) is 9.61. The van der Waals surface area contributed by atoms with Gasteiger partial charge in [0.05, 0.1) is 0 Å². The third-order valence-corrected chi connectivity index (χ3v) is 2.29. The standard InChI is InChI=1S/C8H16F2N2.C2H6/c1-8(9,10)3-4-12(2)7-5-11-6-7;1-2/h7,11H,3-6H2,1-2H3;1-2H3. The van der Waals surface area contributed by atoms with Crippen LogP contribution in [0.25, 0.3) is 0 Å². The van der Waals surface area contributed by atoms with Crippen molar-refractivity contribution in [2.24, 2.45) is 0 Å². The molecular weight excluding hydrogens is 186 g/mol. The minimum absolute atomic E-state index is 0.0417. The Labute approximate surface area is 85.7 Å². The highest BCUT2D eigenvalue weighted by Crippen LogP contribution is 2.17. The average Bonchev–Trinajstić information content (AvgIpc) is 2.00. The van der Waals surface area contributed by atoms with Crippen LogP contribution in [0.1, 0.15) is 27.2 Å². The van der Waals surface area contributed by atoms with Gasteiger partial charge in [-0.25, -0.2) is 8.78 Å². The molecule has 1 saturated heterocycles. The number of halogens is 2. The van der Waals surface area contributed by atoms with Gasteiger partial charge in [-0.1, -0.05) is 13.8 Å². The van der Waals surface area contributed by atoms with E-state index >= 15 is 0 Å². The highest BCUT2D eigenvalue weighted by molar-refractivity contribution is 4.83. The van der Waals surface area contributed by atoms with Crippen molar-refractivity contribution >= 4 is 0 Å². The molecule has 0 bridgehead atoms. The molecule has 0 saturated carbocycles. The zero-order valence-corrected chi connectivity index (χ0v) is 9.61. The zero-order chi connectivity index (χ0) is 11.2. The van der Waals surface area contributed by atoms with E-state index in [0.29, 0.717) is 12.6 Å². The van der Waals surface area contributed by atoms with Crippen molar-refractivity contribution in [1.82, 2.24) is 10.2 Å². The Bertz CT molecular complexity index is 142. The third-order valence-electron chi connectivity index (χ3n) is 2.29. The number of nitrogens with zero attached hydrogens (tertiary/aromatic N) is 1. The van der Waals surface area contributed by atoms with E-state index in [4.69, 9.17) is 0 Å². The lowest BCUT2D eigenvalue weighted by molar-refractivity contribution is -0.000224. The van der Waals surface area contributed by atoms with Crippen molar-refractivity contribution in [1.29, 1.82) is 0 Å². The molecule has 1 heterocycles. The van der Waals surface area contributed by atoms with Crippen LogP contribution in [0.3, 0.4) is 0 Å². The first-order valence-corrected chi connectivity index (χ1v) is 5.28. The van der Waals surface area contributed by atoms with Crippen LogP contribution in [0.4, 0.5) is 8.78 Å². The molecule has 0 aliphatic carbocycles. The molecule has 0 aromatic carbocycles. The van der Waals surface area contributed by atoms with Crippen molar-refractivity contribution < 1.29 is 8.78 Å². The van der Waals surface area contributed by atoms with E-state index in [1.165, 1.54) is 0 Å². The van der Waals surface area contributed by atoms with E-state index in [-0.39, 0.29) is 6.42 Å². The third kappa shape index (κ3) is 5.50. The lowest BCUT2D eigenvalue weighted by atomic mass is 10.1. The van der Waals surface area contributed by atoms with Gasteiger partial charge < -0.3 is 10.2 Å². The average molecular weight is 208 g/mol. The van der Waals surface area contributed by atoms with Gasteiger partial charge in [-0.3, -0.25) is 0 Å². The summed E-state index contributed by atoms with van der Waals surface area (Å²) < 4.78 is 24.9. The highest BCUT2D eigenvalue weighted by atomic mass is 19.3. The highest BCUT2D eigenvalue weighted by Gasteiger charge is 2.25. The number of hydrogen-bond donors (Lipinski definition) is 1. The molecule has 0 aromatic rings. The lowest BCUT2D eigenvalue weighted by Gasteiger charge is -2.36. The molecule has 0 unspecified atom stereocenters. The largest absolute Gasteiger partial charge is 0.314 e. The molecular formula is C10H22F2N2. The molecule has 0 radical (unpaired) electrons. The Kier molecular flexibility index (Phi) is 6.20. The summed E-state index contributed by atoms with van der Waals surface area (Å²) in [7, 11) is 1.90. The van der Waals surface area contributed by atoms with Crippen molar-refractivity contribution in [3.8, 4) is 0 Å². The number of nitrogens with one attached hydrogen (secondary N) is 1. The van der Waals surface area contributed by atoms with Crippen LogP contribution < -0.4 is 5.32 Å². The first-order chi connectivity index (χ1) is 6.49. The maximum Gasteiger partial charge on any atom is 0.246 e. The second-order valence-electron chi connectivity index (χ2n) is 3.61. The molecule has 14 heavy (non-hydrogen) atoms. The molecule has 1 rings (SSSR count). The van der Waals surface area contributed by atoms with Crippen LogP contribution >= 0.6 is 0 Å². The van der Waals surface area contributed by atoms with Gasteiger partial charge >= 0.3 is 0 Å². The minimum Gasteiger partial charge on any atom is -0.314 e. The van der Waals surface area contributed by atoms with E-state index < -0.39 is 5.92 Å². The summed E-state index contributed by atoms with van der Waals surface area (Å²) in [6, 6.07) is 0.465. The fraction of sp³-hybridized carbons (Fsp3) is 1.00. The van der Waals surface area contributed by atoms with Crippen LogP contribution in [0.5, 0.6) is 0 Å². The summed E-state index contributed by atoms with van der Waals surface area (Å²) in [4.78, 5) is 1.99. The van der Waals surface area contributed by atoms with Crippen LogP contribution in [0, 0.1) is 0 Å². The van der Waals surface area contributed by atoms with E-state index in [2.05, 4.69) is 5.32 Å². The van der Waals surface area contributed by atoms with E-state index in [1.807, 2.05) is 25.8 Å². The van der Waals surface area contributed by atoms with Gasteiger partial charge in [-0.15, -0.1) is 0 Å². The molecule has 1 fully saturated rings. The van der Waals surface area contributed by atoms with Gasteiger partial charge in [-0.05, 0) is 14.0 Å². The topological polar surface area (TPSA) is 15.3 Å². The number of hydrogen-bond acceptors (Lipinski definition) is 2. The number of likely N-dealkylation sites (N-methyl/N-ethyl adjacent to an activating group) is 1. The molecule has 1 N–H and O–H groups in total. The van der Waals surface area contributed by atoms with Gasteiger partial charge in [0.25, 0.3) is 0 Å². The normalized spacial score (nSPS) is 17.4. The molecule has 0 atom stereocenters. The monoisotopic (exact) mass is 208 g/mol. The lowest BCUT2D eigenvalue weighted by Crippen LogP contribution is -2.56. The van der Waals surface area contributed by atoms with Gasteiger partial charge in [0.15, 0.2) is 0 Å². The quantitative estimate of drug-likeness (QED) is 0.759. The van der Waals surface area contributed by atoms with Crippen molar-refractivity contribution in [2.75, 3.05) is 26.7 Å². The molecule has 1 aliphatic heterocycles. The van der Waals surface area contributed by atoms with Gasteiger partial charge in [0.2, 0.25) is 5.92 Å². The van der Waals surface area contributed by atoms with Crippen molar-refractivity contribution in [2.45, 2.75) is 39.2 Å². The van der Waals surface area contributed by atoms with Gasteiger partial charge in [0.1, 0.15) is 0 Å². The van der Waals surface area contributed by atoms with Crippen molar-refractivity contribution in [3.63, 3.8) is 0 Å². The van der Waals surface area contributed by atoms with E-state index in [9.17, 15) is 8.78 Å². The van der Waals surface area contributed by atoms with Crippen LogP contribution in [0.15, 0.2) is 0 Å². The Morgan fingerprint density at radius 3 is 2.14 bits per heavy atom. The molecule has 2 nitrogen and oxygen atoms in total. The number of alkyl halides is 2. The molecule has 1 aliphatic rings. The SMILES string of the molecule is CC.CN(CCC(C)(F)F)C1CNC1. The Morgan fingerprint density at radius 1 is 1.36 bits per heavy atom. The summed E-state index contributed by atoms with van der Waals surface area (Å²) in [6.07, 6.45) is -0.0417. The molecule has 86 valence electrons. The fourth-order valence-corrected chi connectivity index (χ4v) is 1.14. The second kappa shape index (κ2) is 6.30. The minimum atomic E-state index is -2.52. The summed E-state index contributed by atoms with van der Waals surface area (Å²) in [5.41, 5.74) is 0. The summed E-state index contributed by atoms with van der Waals surface area (Å²) in [6.45, 7) is 7.33. The summed E-state index contributed by atoms with van der Waals surface area (Å²) >= 11 is 0. The Balaban J connectivity index is 0.000000791. The fourth-order valence-electron chi connectivity index (χ4n) is 1.14. The molecule has 4 heteroatoms. The van der Waals surface area contributed by atoms with Crippen molar-refractivity contribution in [3.05, 3.63) is 0 Å². The maximum absolute atomic E-state index is 12.4. The van der Waals surface area contributed by atoms with Crippen LogP contribution in [-0.2, 0) is 0 Å². The van der Waals surface area contributed by atoms with Gasteiger partial charge in [-0.2, -0.15) is 0 Å². The predicted octanol–water partition coefficient (Wildman–Crippen LogP) is 1.96. The summed E-state index contributed by atoms with van der Waals surface area (Å²) in [5, 5.41) is 3.11. The summed E-state index contributed by atoms with van der Waals surface area (Å²) in [5.74, 6) is -2.52. The van der Waals surface area contributed by atoms with Crippen LogP contribution in [0.2, 0.25) is 0 Å². The maximum atomic E-state index is 12.4. The first kappa shape index (κ1) is 13.8. The molecule has 0 spiro atoms. The predicted molar refractivity (Wildman–Crippen MR) is 55.9 cm³/mol. The van der Waals surface area contributed by atoms with E-state index in [1.54, 1.807) is 0 Å². The first-order valence-electron chi connectivity index (χ1n) is 5.28. The Morgan fingerprint density at radius 2 is 1.86 bits per heavy atom. The number of rotatable bonds is 4. The van der Waals surface area contributed by atoms with Crippen LogP contribution in [-0.4, -0.2) is 43.5 Å². The van der Waals surface area contributed by atoms with Gasteiger partial charge in [0, 0.05) is 32.1 Å². The molecule has 0 amide bonds.